The third-order valence-electron chi connectivity index (χ3n) is 3.18. The summed E-state index contributed by atoms with van der Waals surface area (Å²) >= 11 is 5.83. The SMILES string of the molecule is COc1cccc(CNC(=O)CCc2ccc(Cl)cc2)c1. The lowest BCUT2D eigenvalue weighted by atomic mass is 10.1. The first-order chi connectivity index (χ1) is 10.2. The molecule has 2 aromatic rings. The second kappa shape index (κ2) is 7.70. The van der Waals surface area contributed by atoms with Gasteiger partial charge in [0.1, 0.15) is 5.75 Å². The maximum atomic E-state index is 11.8. The standard InChI is InChI=1S/C17H18ClNO2/c1-21-16-4-2-3-14(11-16)12-19-17(20)10-7-13-5-8-15(18)9-6-13/h2-6,8-9,11H,7,10,12H2,1H3,(H,19,20). The zero-order valence-corrected chi connectivity index (χ0v) is 12.7. The molecule has 0 radical (unpaired) electrons. The van der Waals surface area contributed by atoms with Crippen molar-refractivity contribution >= 4 is 17.5 Å². The van der Waals surface area contributed by atoms with Gasteiger partial charge in [-0.25, -0.2) is 0 Å². The molecule has 1 N–H and O–H groups in total. The minimum Gasteiger partial charge on any atom is -0.497 e. The van der Waals surface area contributed by atoms with Crippen LogP contribution in [0.5, 0.6) is 5.75 Å². The average molecular weight is 304 g/mol. The van der Waals surface area contributed by atoms with Gasteiger partial charge in [0, 0.05) is 18.0 Å². The van der Waals surface area contributed by atoms with E-state index < -0.39 is 0 Å². The number of carbonyl (C=O) groups is 1. The highest BCUT2D eigenvalue weighted by Gasteiger charge is 2.03. The van der Waals surface area contributed by atoms with E-state index >= 15 is 0 Å². The van der Waals surface area contributed by atoms with Crippen LogP contribution in [0.15, 0.2) is 48.5 Å². The average Bonchev–Trinajstić information content (AvgIpc) is 2.52. The van der Waals surface area contributed by atoms with Crippen molar-refractivity contribution < 1.29 is 9.53 Å². The number of rotatable bonds is 6. The Morgan fingerprint density at radius 3 is 2.62 bits per heavy atom. The summed E-state index contributed by atoms with van der Waals surface area (Å²) in [6.07, 6.45) is 1.17. The van der Waals surface area contributed by atoms with E-state index in [1.807, 2.05) is 48.5 Å². The molecule has 0 unspecified atom stereocenters. The third-order valence-corrected chi connectivity index (χ3v) is 3.43. The molecule has 0 aromatic heterocycles. The molecule has 0 atom stereocenters. The lowest BCUT2D eigenvalue weighted by molar-refractivity contribution is -0.121. The molecule has 0 fully saturated rings. The molecule has 0 aliphatic rings. The van der Waals surface area contributed by atoms with Gasteiger partial charge in [0.25, 0.3) is 0 Å². The Kier molecular flexibility index (Phi) is 5.64. The van der Waals surface area contributed by atoms with Crippen LogP contribution in [0.25, 0.3) is 0 Å². The molecule has 0 bridgehead atoms. The number of halogens is 1. The molecule has 0 aliphatic carbocycles. The molecule has 0 saturated carbocycles. The molecule has 4 heteroatoms. The van der Waals surface area contributed by atoms with Crippen LogP contribution in [0.3, 0.4) is 0 Å². The molecule has 3 nitrogen and oxygen atoms in total. The van der Waals surface area contributed by atoms with Gasteiger partial charge in [-0.05, 0) is 41.8 Å². The number of hydrogen-bond acceptors (Lipinski definition) is 2. The Hall–Kier alpha value is -2.00. The Morgan fingerprint density at radius 2 is 1.90 bits per heavy atom. The molecule has 0 aliphatic heterocycles. The van der Waals surface area contributed by atoms with Crippen molar-refractivity contribution in [1.82, 2.24) is 5.32 Å². The zero-order valence-electron chi connectivity index (χ0n) is 11.9. The van der Waals surface area contributed by atoms with Gasteiger partial charge in [0.2, 0.25) is 5.91 Å². The summed E-state index contributed by atoms with van der Waals surface area (Å²) in [6.45, 7) is 0.511. The van der Waals surface area contributed by atoms with E-state index in [-0.39, 0.29) is 5.91 Å². The van der Waals surface area contributed by atoms with Crippen LogP contribution >= 0.6 is 11.6 Å². The Bertz CT molecular complexity index is 596. The van der Waals surface area contributed by atoms with Crippen molar-refractivity contribution in [3.05, 3.63) is 64.7 Å². The van der Waals surface area contributed by atoms with Gasteiger partial charge in [-0.3, -0.25) is 4.79 Å². The van der Waals surface area contributed by atoms with E-state index in [1.54, 1.807) is 7.11 Å². The molecule has 0 heterocycles. The summed E-state index contributed by atoms with van der Waals surface area (Å²) in [6, 6.07) is 15.2. The second-order valence-corrected chi connectivity index (χ2v) is 5.19. The lowest BCUT2D eigenvalue weighted by Gasteiger charge is -2.07. The first-order valence-electron chi connectivity index (χ1n) is 6.81. The van der Waals surface area contributed by atoms with Crippen LogP contribution < -0.4 is 10.1 Å². The lowest BCUT2D eigenvalue weighted by Crippen LogP contribution is -2.22. The number of amides is 1. The summed E-state index contributed by atoms with van der Waals surface area (Å²) in [7, 11) is 1.63. The largest absolute Gasteiger partial charge is 0.497 e. The summed E-state index contributed by atoms with van der Waals surface area (Å²) in [5.74, 6) is 0.829. The van der Waals surface area contributed by atoms with Crippen molar-refractivity contribution in [2.45, 2.75) is 19.4 Å². The summed E-state index contributed by atoms with van der Waals surface area (Å²) in [5, 5.41) is 3.62. The van der Waals surface area contributed by atoms with E-state index in [1.165, 1.54) is 0 Å². The van der Waals surface area contributed by atoms with Gasteiger partial charge in [-0.15, -0.1) is 0 Å². The third kappa shape index (κ3) is 5.12. The summed E-state index contributed by atoms with van der Waals surface area (Å²) < 4.78 is 5.15. The van der Waals surface area contributed by atoms with Crippen molar-refractivity contribution in [3.63, 3.8) is 0 Å². The first-order valence-corrected chi connectivity index (χ1v) is 7.19. The van der Waals surface area contributed by atoms with Gasteiger partial charge in [-0.1, -0.05) is 35.9 Å². The van der Waals surface area contributed by atoms with Crippen LogP contribution in [0, 0.1) is 0 Å². The number of aryl methyl sites for hydroxylation is 1. The topological polar surface area (TPSA) is 38.3 Å². The molecular formula is C17H18ClNO2. The van der Waals surface area contributed by atoms with E-state index in [9.17, 15) is 4.79 Å². The van der Waals surface area contributed by atoms with Gasteiger partial charge in [-0.2, -0.15) is 0 Å². The van der Waals surface area contributed by atoms with Crippen LogP contribution in [0.2, 0.25) is 5.02 Å². The van der Waals surface area contributed by atoms with Crippen molar-refractivity contribution in [1.29, 1.82) is 0 Å². The smallest absolute Gasteiger partial charge is 0.220 e. The maximum Gasteiger partial charge on any atom is 0.220 e. The van der Waals surface area contributed by atoms with Gasteiger partial charge in [0.15, 0.2) is 0 Å². The van der Waals surface area contributed by atoms with E-state index in [2.05, 4.69) is 5.32 Å². The Balaban J connectivity index is 1.78. The van der Waals surface area contributed by atoms with Crippen molar-refractivity contribution in [2.24, 2.45) is 0 Å². The van der Waals surface area contributed by atoms with E-state index in [0.717, 1.165) is 16.9 Å². The molecule has 2 rings (SSSR count). The molecule has 21 heavy (non-hydrogen) atoms. The van der Waals surface area contributed by atoms with Gasteiger partial charge >= 0.3 is 0 Å². The predicted molar refractivity (Wildman–Crippen MR) is 84.6 cm³/mol. The number of ether oxygens (including phenoxy) is 1. The van der Waals surface area contributed by atoms with Crippen LogP contribution in [-0.4, -0.2) is 13.0 Å². The van der Waals surface area contributed by atoms with Crippen molar-refractivity contribution in [2.75, 3.05) is 7.11 Å². The maximum absolute atomic E-state index is 11.8. The van der Waals surface area contributed by atoms with E-state index in [4.69, 9.17) is 16.3 Å². The second-order valence-electron chi connectivity index (χ2n) is 4.75. The molecule has 0 spiro atoms. The van der Waals surface area contributed by atoms with Crippen LogP contribution in [-0.2, 0) is 17.8 Å². The number of hydrogen-bond donors (Lipinski definition) is 1. The summed E-state index contributed by atoms with van der Waals surface area (Å²) in [5.41, 5.74) is 2.13. The zero-order chi connectivity index (χ0) is 15.1. The Labute approximate surface area is 129 Å². The van der Waals surface area contributed by atoms with Gasteiger partial charge < -0.3 is 10.1 Å². The molecular weight excluding hydrogens is 286 g/mol. The molecule has 2 aromatic carbocycles. The summed E-state index contributed by atoms with van der Waals surface area (Å²) in [4.78, 5) is 11.8. The number of methoxy groups -OCH3 is 1. The Morgan fingerprint density at radius 1 is 1.14 bits per heavy atom. The minimum atomic E-state index is 0.0350. The fraction of sp³-hybridized carbons (Fsp3) is 0.235. The van der Waals surface area contributed by atoms with Crippen LogP contribution in [0.1, 0.15) is 17.5 Å². The first kappa shape index (κ1) is 15.4. The normalized spacial score (nSPS) is 10.2. The van der Waals surface area contributed by atoms with E-state index in [0.29, 0.717) is 24.4 Å². The molecule has 0 saturated heterocycles. The van der Waals surface area contributed by atoms with Gasteiger partial charge in [0.05, 0.1) is 7.11 Å². The predicted octanol–water partition coefficient (Wildman–Crippen LogP) is 3.60. The number of benzene rings is 2. The van der Waals surface area contributed by atoms with Crippen molar-refractivity contribution in [3.8, 4) is 5.75 Å². The fourth-order valence-electron chi connectivity index (χ4n) is 1.98. The highest BCUT2D eigenvalue weighted by Crippen LogP contribution is 2.13. The monoisotopic (exact) mass is 303 g/mol. The number of carbonyl (C=O) groups excluding carboxylic acids is 1. The highest BCUT2D eigenvalue weighted by molar-refractivity contribution is 6.30. The quantitative estimate of drug-likeness (QED) is 0.885. The van der Waals surface area contributed by atoms with Crippen LogP contribution in [0.4, 0.5) is 0 Å². The number of nitrogens with one attached hydrogen (secondary N) is 1. The fourth-order valence-corrected chi connectivity index (χ4v) is 2.11. The minimum absolute atomic E-state index is 0.0350. The molecule has 1 amide bonds. The molecule has 110 valence electrons. The highest BCUT2D eigenvalue weighted by atomic mass is 35.5.